The maximum atomic E-state index is 13.2. The number of fused-ring (bicyclic) bond motifs is 1. The van der Waals surface area contributed by atoms with Crippen molar-refractivity contribution in [2.75, 3.05) is 19.0 Å². The van der Waals surface area contributed by atoms with E-state index in [0.29, 0.717) is 27.8 Å². The van der Waals surface area contributed by atoms with Crippen molar-refractivity contribution in [1.29, 1.82) is 0 Å². The fraction of sp³-hybridized carbons (Fsp3) is 0.357. The van der Waals surface area contributed by atoms with E-state index in [0.717, 1.165) is 0 Å². The first kappa shape index (κ1) is 15.9. The summed E-state index contributed by atoms with van der Waals surface area (Å²) in [6.45, 7) is 3.73. The number of hydrogen-bond acceptors (Lipinski definition) is 3. The Morgan fingerprint density at radius 1 is 1.33 bits per heavy atom. The van der Waals surface area contributed by atoms with Gasteiger partial charge in [-0.05, 0) is 41.9 Å². The second-order valence-corrected chi connectivity index (χ2v) is 5.32. The van der Waals surface area contributed by atoms with E-state index in [1.54, 1.807) is 12.1 Å². The molecule has 1 aromatic carbocycles. The standard InChI is InChI=1S/C14H14BrF3N2O/c1-4-19-11-7(2)13(14(16,17)18)20-12-8(15)5-6-9(21-3)10(11)12/h5-6H,4H2,1-3H3,(H,19,20). The highest BCUT2D eigenvalue weighted by Gasteiger charge is 2.36. The number of rotatable bonds is 3. The molecule has 0 aliphatic rings. The normalized spacial score (nSPS) is 11.8. The summed E-state index contributed by atoms with van der Waals surface area (Å²) in [6, 6.07) is 3.32. The smallest absolute Gasteiger partial charge is 0.433 e. The van der Waals surface area contributed by atoms with Crippen LogP contribution in [0.5, 0.6) is 5.75 Å². The number of anilines is 1. The van der Waals surface area contributed by atoms with Crippen LogP contribution in [0.25, 0.3) is 10.9 Å². The number of nitrogens with zero attached hydrogens (tertiary/aromatic N) is 1. The number of aromatic nitrogens is 1. The molecule has 0 spiro atoms. The van der Waals surface area contributed by atoms with E-state index in [4.69, 9.17) is 4.74 Å². The minimum atomic E-state index is -4.51. The van der Waals surface area contributed by atoms with Gasteiger partial charge in [0.05, 0.1) is 23.7 Å². The zero-order valence-electron chi connectivity index (χ0n) is 11.7. The topological polar surface area (TPSA) is 34.2 Å². The summed E-state index contributed by atoms with van der Waals surface area (Å²) in [7, 11) is 1.48. The summed E-state index contributed by atoms with van der Waals surface area (Å²) in [5.74, 6) is 0.480. The molecule has 1 aromatic heterocycles. The average Bonchev–Trinajstić information content (AvgIpc) is 2.41. The van der Waals surface area contributed by atoms with Gasteiger partial charge >= 0.3 is 6.18 Å². The highest BCUT2D eigenvalue weighted by atomic mass is 79.9. The molecular formula is C14H14BrF3N2O. The lowest BCUT2D eigenvalue weighted by Gasteiger charge is -2.19. The molecule has 0 unspecified atom stereocenters. The minimum absolute atomic E-state index is 0.0632. The van der Waals surface area contributed by atoms with Crippen LogP contribution in [0.1, 0.15) is 18.2 Å². The van der Waals surface area contributed by atoms with Crippen molar-refractivity contribution in [3.05, 3.63) is 27.9 Å². The van der Waals surface area contributed by atoms with Crippen molar-refractivity contribution >= 4 is 32.5 Å². The van der Waals surface area contributed by atoms with Crippen LogP contribution in [0.15, 0.2) is 16.6 Å². The molecule has 21 heavy (non-hydrogen) atoms. The van der Waals surface area contributed by atoms with E-state index in [1.165, 1.54) is 14.0 Å². The van der Waals surface area contributed by atoms with Gasteiger partial charge in [0.15, 0.2) is 0 Å². The van der Waals surface area contributed by atoms with Crippen molar-refractivity contribution < 1.29 is 17.9 Å². The number of methoxy groups -OCH3 is 1. The summed E-state index contributed by atoms with van der Waals surface area (Å²) in [6.07, 6.45) is -4.51. The molecule has 0 atom stereocenters. The number of alkyl halides is 3. The molecule has 0 aliphatic carbocycles. The van der Waals surface area contributed by atoms with E-state index in [1.807, 2.05) is 6.92 Å². The van der Waals surface area contributed by atoms with Gasteiger partial charge in [-0.3, -0.25) is 0 Å². The van der Waals surface area contributed by atoms with Gasteiger partial charge in [0.2, 0.25) is 0 Å². The summed E-state index contributed by atoms with van der Waals surface area (Å²) < 4.78 is 45.3. The summed E-state index contributed by atoms with van der Waals surface area (Å²) in [5.41, 5.74) is -0.204. The average molecular weight is 363 g/mol. The van der Waals surface area contributed by atoms with Crippen LogP contribution in [-0.4, -0.2) is 18.6 Å². The van der Waals surface area contributed by atoms with Crippen LogP contribution in [0, 0.1) is 6.92 Å². The Bertz CT molecular complexity index is 686. The highest BCUT2D eigenvalue weighted by molar-refractivity contribution is 9.10. The molecule has 0 aliphatic heterocycles. The number of ether oxygens (including phenoxy) is 1. The van der Waals surface area contributed by atoms with E-state index >= 15 is 0 Å². The molecule has 0 saturated heterocycles. The lowest BCUT2D eigenvalue weighted by atomic mass is 10.1. The zero-order chi connectivity index (χ0) is 15.8. The summed E-state index contributed by atoms with van der Waals surface area (Å²) >= 11 is 3.26. The Kier molecular flexibility index (Phi) is 4.32. The fourth-order valence-corrected chi connectivity index (χ4v) is 2.66. The Labute approximate surface area is 128 Å². The molecule has 0 amide bonds. The first-order valence-corrected chi connectivity index (χ1v) is 7.08. The van der Waals surface area contributed by atoms with E-state index in [-0.39, 0.29) is 11.1 Å². The van der Waals surface area contributed by atoms with E-state index in [9.17, 15) is 13.2 Å². The van der Waals surface area contributed by atoms with Crippen molar-refractivity contribution in [3.63, 3.8) is 0 Å². The lowest BCUT2D eigenvalue weighted by molar-refractivity contribution is -0.141. The molecule has 0 bridgehead atoms. The predicted molar refractivity (Wildman–Crippen MR) is 79.9 cm³/mol. The van der Waals surface area contributed by atoms with Gasteiger partial charge in [-0.25, -0.2) is 4.98 Å². The molecule has 1 heterocycles. The van der Waals surface area contributed by atoms with Crippen LogP contribution in [0.3, 0.4) is 0 Å². The second-order valence-electron chi connectivity index (χ2n) is 4.46. The van der Waals surface area contributed by atoms with Crippen LogP contribution in [0.2, 0.25) is 0 Å². The number of nitrogens with one attached hydrogen (secondary N) is 1. The van der Waals surface area contributed by atoms with Crippen LogP contribution in [-0.2, 0) is 6.18 Å². The van der Waals surface area contributed by atoms with Crippen molar-refractivity contribution in [1.82, 2.24) is 4.98 Å². The number of hydrogen-bond donors (Lipinski definition) is 1. The third-order valence-electron chi connectivity index (χ3n) is 3.14. The second kappa shape index (κ2) is 5.71. The van der Waals surface area contributed by atoms with E-state index in [2.05, 4.69) is 26.2 Å². The third kappa shape index (κ3) is 2.79. The van der Waals surface area contributed by atoms with Crippen LogP contribution >= 0.6 is 15.9 Å². The molecule has 114 valence electrons. The minimum Gasteiger partial charge on any atom is -0.496 e. The first-order valence-electron chi connectivity index (χ1n) is 6.29. The van der Waals surface area contributed by atoms with Gasteiger partial charge in [-0.1, -0.05) is 0 Å². The van der Waals surface area contributed by atoms with Crippen molar-refractivity contribution in [3.8, 4) is 5.75 Å². The van der Waals surface area contributed by atoms with Gasteiger partial charge in [0.1, 0.15) is 11.4 Å². The first-order chi connectivity index (χ1) is 9.81. The molecule has 7 heteroatoms. The predicted octanol–water partition coefficient (Wildman–Crippen LogP) is 4.76. The van der Waals surface area contributed by atoms with E-state index < -0.39 is 11.9 Å². The van der Waals surface area contributed by atoms with Gasteiger partial charge in [0.25, 0.3) is 0 Å². The van der Waals surface area contributed by atoms with Crippen molar-refractivity contribution in [2.45, 2.75) is 20.0 Å². The zero-order valence-corrected chi connectivity index (χ0v) is 13.3. The van der Waals surface area contributed by atoms with Crippen LogP contribution < -0.4 is 10.1 Å². The quantitative estimate of drug-likeness (QED) is 0.854. The Morgan fingerprint density at radius 3 is 2.52 bits per heavy atom. The Morgan fingerprint density at radius 2 is 2.00 bits per heavy atom. The van der Waals surface area contributed by atoms with Gasteiger partial charge in [-0.2, -0.15) is 13.2 Å². The SMILES string of the molecule is CCNc1c(C)c(C(F)(F)F)nc2c(Br)ccc(OC)c12. The number of benzene rings is 1. The van der Waals surface area contributed by atoms with Gasteiger partial charge < -0.3 is 10.1 Å². The molecule has 3 nitrogen and oxygen atoms in total. The van der Waals surface area contributed by atoms with Gasteiger partial charge in [0, 0.05) is 16.6 Å². The molecule has 2 aromatic rings. The maximum Gasteiger partial charge on any atom is 0.433 e. The molecule has 1 N–H and O–H groups in total. The lowest BCUT2D eigenvalue weighted by Crippen LogP contribution is -2.14. The summed E-state index contributed by atoms with van der Waals surface area (Å²) in [5, 5.41) is 3.53. The fourth-order valence-electron chi connectivity index (χ4n) is 2.24. The van der Waals surface area contributed by atoms with Crippen LogP contribution in [0.4, 0.5) is 18.9 Å². The Hall–Kier alpha value is -1.50. The molecule has 2 rings (SSSR count). The number of pyridine rings is 1. The number of halogens is 4. The van der Waals surface area contributed by atoms with Crippen molar-refractivity contribution in [2.24, 2.45) is 0 Å². The highest BCUT2D eigenvalue weighted by Crippen LogP contribution is 2.42. The molecule has 0 radical (unpaired) electrons. The largest absolute Gasteiger partial charge is 0.496 e. The summed E-state index contributed by atoms with van der Waals surface area (Å²) in [4.78, 5) is 3.81. The maximum absolute atomic E-state index is 13.2. The molecule has 0 saturated carbocycles. The third-order valence-corrected chi connectivity index (χ3v) is 3.78. The monoisotopic (exact) mass is 362 g/mol. The molecular weight excluding hydrogens is 349 g/mol. The Balaban J connectivity index is 2.96. The van der Waals surface area contributed by atoms with Gasteiger partial charge in [-0.15, -0.1) is 0 Å². The molecule has 0 fully saturated rings.